The first-order valence-electron chi connectivity index (χ1n) is 6.84. The van der Waals surface area contributed by atoms with E-state index in [0.717, 1.165) is 13.1 Å². The third-order valence-corrected chi connectivity index (χ3v) is 4.61. The van der Waals surface area contributed by atoms with Crippen LogP contribution < -0.4 is 10.2 Å². The molecule has 1 saturated heterocycles. The summed E-state index contributed by atoms with van der Waals surface area (Å²) < 4.78 is 1.17. The van der Waals surface area contributed by atoms with Crippen molar-refractivity contribution in [1.82, 2.24) is 5.32 Å². The molecule has 1 fully saturated rings. The first-order chi connectivity index (χ1) is 9.16. The molecule has 100 valence electrons. The summed E-state index contributed by atoms with van der Waals surface area (Å²) in [5.74, 6) is 0. The van der Waals surface area contributed by atoms with Crippen molar-refractivity contribution >= 4 is 32.4 Å². The number of anilines is 1. The molecule has 2 nitrogen and oxygen atoms in total. The molecule has 0 aromatic heterocycles. The lowest BCUT2D eigenvalue weighted by Gasteiger charge is -2.40. The molecule has 19 heavy (non-hydrogen) atoms. The van der Waals surface area contributed by atoms with Crippen molar-refractivity contribution in [2.75, 3.05) is 18.0 Å². The maximum absolute atomic E-state index is 3.65. The van der Waals surface area contributed by atoms with Crippen LogP contribution in [0.3, 0.4) is 0 Å². The molecule has 2 atom stereocenters. The summed E-state index contributed by atoms with van der Waals surface area (Å²) in [6.45, 7) is 6.65. The van der Waals surface area contributed by atoms with Crippen LogP contribution in [0.15, 0.2) is 40.9 Å². The summed E-state index contributed by atoms with van der Waals surface area (Å²) in [5.41, 5.74) is 1.35. The van der Waals surface area contributed by atoms with Crippen LogP contribution in [0, 0.1) is 0 Å². The highest BCUT2D eigenvalue weighted by Gasteiger charge is 2.23. The Morgan fingerprint density at radius 2 is 1.84 bits per heavy atom. The number of hydrogen-bond acceptors (Lipinski definition) is 2. The zero-order valence-corrected chi connectivity index (χ0v) is 12.9. The standard InChI is InChI=1S/C16H19BrN2/c1-11-10-19(12(2)9-18-11)16-8-7-15(17)13-5-3-4-6-14(13)16/h3-8,11-12,18H,9-10H2,1-2H3. The monoisotopic (exact) mass is 318 g/mol. The van der Waals surface area contributed by atoms with Crippen LogP contribution in [0.5, 0.6) is 0 Å². The van der Waals surface area contributed by atoms with Crippen LogP contribution in [-0.4, -0.2) is 25.2 Å². The number of fused-ring (bicyclic) bond motifs is 1. The van der Waals surface area contributed by atoms with Gasteiger partial charge < -0.3 is 10.2 Å². The molecule has 3 heteroatoms. The van der Waals surface area contributed by atoms with Crippen LogP contribution >= 0.6 is 15.9 Å². The number of benzene rings is 2. The second-order valence-corrected chi connectivity index (χ2v) is 6.28. The second kappa shape index (κ2) is 5.14. The first kappa shape index (κ1) is 12.9. The average molecular weight is 319 g/mol. The molecule has 1 heterocycles. The molecule has 2 aromatic rings. The van der Waals surface area contributed by atoms with E-state index in [1.165, 1.54) is 20.9 Å². The van der Waals surface area contributed by atoms with Gasteiger partial charge in [0.1, 0.15) is 0 Å². The molecule has 2 unspecified atom stereocenters. The SMILES string of the molecule is CC1CN(c2ccc(Br)c3ccccc23)C(C)CN1. The van der Waals surface area contributed by atoms with Crippen molar-refractivity contribution in [2.45, 2.75) is 25.9 Å². The fourth-order valence-electron chi connectivity index (χ4n) is 2.85. The van der Waals surface area contributed by atoms with Crippen molar-refractivity contribution in [3.8, 4) is 0 Å². The van der Waals surface area contributed by atoms with Gasteiger partial charge in [-0.05, 0) is 31.4 Å². The highest BCUT2D eigenvalue weighted by molar-refractivity contribution is 9.10. The summed E-state index contributed by atoms with van der Waals surface area (Å²) in [7, 11) is 0. The molecule has 0 spiro atoms. The van der Waals surface area contributed by atoms with Crippen molar-refractivity contribution in [3.63, 3.8) is 0 Å². The van der Waals surface area contributed by atoms with Gasteiger partial charge in [-0.2, -0.15) is 0 Å². The van der Waals surface area contributed by atoms with Crippen LogP contribution in [0.2, 0.25) is 0 Å². The van der Waals surface area contributed by atoms with E-state index in [0.29, 0.717) is 12.1 Å². The highest BCUT2D eigenvalue weighted by Crippen LogP contribution is 2.33. The maximum Gasteiger partial charge on any atom is 0.0450 e. The van der Waals surface area contributed by atoms with Crippen molar-refractivity contribution in [3.05, 3.63) is 40.9 Å². The summed E-state index contributed by atoms with van der Waals surface area (Å²) in [6, 6.07) is 14.1. The van der Waals surface area contributed by atoms with E-state index < -0.39 is 0 Å². The molecule has 0 saturated carbocycles. The second-order valence-electron chi connectivity index (χ2n) is 5.42. The summed E-state index contributed by atoms with van der Waals surface area (Å²) in [6.07, 6.45) is 0. The molecule has 2 aromatic carbocycles. The van der Waals surface area contributed by atoms with Crippen molar-refractivity contribution in [2.24, 2.45) is 0 Å². The van der Waals surface area contributed by atoms with Gasteiger partial charge in [0.05, 0.1) is 0 Å². The number of piperazine rings is 1. The zero-order valence-electron chi connectivity index (χ0n) is 11.4. The number of rotatable bonds is 1. The van der Waals surface area contributed by atoms with E-state index in [9.17, 15) is 0 Å². The minimum absolute atomic E-state index is 0.529. The number of hydrogen-bond donors (Lipinski definition) is 1. The molecule has 0 amide bonds. The van der Waals surface area contributed by atoms with Gasteiger partial charge >= 0.3 is 0 Å². The van der Waals surface area contributed by atoms with Gasteiger partial charge in [0, 0.05) is 40.7 Å². The highest BCUT2D eigenvalue weighted by atomic mass is 79.9. The third-order valence-electron chi connectivity index (χ3n) is 3.92. The van der Waals surface area contributed by atoms with Gasteiger partial charge in [-0.15, -0.1) is 0 Å². The third kappa shape index (κ3) is 2.37. The lowest BCUT2D eigenvalue weighted by Crippen LogP contribution is -2.54. The Morgan fingerprint density at radius 1 is 1.11 bits per heavy atom. The average Bonchev–Trinajstić information content (AvgIpc) is 2.43. The Morgan fingerprint density at radius 3 is 2.63 bits per heavy atom. The van der Waals surface area contributed by atoms with E-state index >= 15 is 0 Å². The Balaban J connectivity index is 2.12. The quantitative estimate of drug-likeness (QED) is 0.860. The summed E-state index contributed by atoms with van der Waals surface area (Å²) in [5, 5.41) is 6.16. The van der Waals surface area contributed by atoms with Crippen LogP contribution in [-0.2, 0) is 0 Å². The molecule has 1 aliphatic rings. The molecule has 3 rings (SSSR count). The van der Waals surface area contributed by atoms with Gasteiger partial charge in [0.2, 0.25) is 0 Å². The normalized spacial score (nSPS) is 23.8. The van der Waals surface area contributed by atoms with E-state index in [-0.39, 0.29) is 0 Å². The van der Waals surface area contributed by atoms with E-state index in [1.54, 1.807) is 0 Å². The van der Waals surface area contributed by atoms with Gasteiger partial charge in [-0.3, -0.25) is 0 Å². The molecule has 0 aliphatic carbocycles. The Bertz CT molecular complexity index is 596. The van der Waals surface area contributed by atoms with E-state index in [4.69, 9.17) is 0 Å². The molecule has 1 N–H and O–H groups in total. The Hall–Kier alpha value is -1.06. The van der Waals surface area contributed by atoms with Gasteiger partial charge in [0.25, 0.3) is 0 Å². The molecule has 0 bridgehead atoms. The number of halogens is 1. The predicted molar refractivity (Wildman–Crippen MR) is 85.9 cm³/mol. The Kier molecular flexibility index (Phi) is 3.50. The molecule has 0 radical (unpaired) electrons. The van der Waals surface area contributed by atoms with Gasteiger partial charge in [-0.1, -0.05) is 40.2 Å². The fraction of sp³-hybridized carbons (Fsp3) is 0.375. The minimum Gasteiger partial charge on any atom is -0.365 e. The molecule has 1 aliphatic heterocycles. The van der Waals surface area contributed by atoms with Crippen LogP contribution in [0.4, 0.5) is 5.69 Å². The molecular formula is C16H19BrN2. The van der Waals surface area contributed by atoms with Crippen LogP contribution in [0.25, 0.3) is 10.8 Å². The zero-order chi connectivity index (χ0) is 13.4. The van der Waals surface area contributed by atoms with E-state index in [2.05, 4.69) is 76.4 Å². The number of nitrogens with one attached hydrogen (secondary N) is 1. The Labute approximate surface area is 122 Å². The topological polar surface area (TPSA) is 15.3 Å². The lowest BCUT2D eigenvalue weighted by atomic mass is 10.0. The van der Waals surface area contributed by atoms with Gasteiger partial charge in [-0.25, -0.2) is 0 Å². The predicted octanol–water partition coefficient (Wildman–Crippen LogP) is 3.79. The van der Waals surface area contributed by atoms with Crippen molar-refractivity contribution < 1.29 is 0 Å². The maximum atomic E-state index is 3.65. The molecular weight excluding hydrogens is 300 g/mol. The summed E-state index contributed by atoms with van der Waals surface area (Å²) in [4.78, 5) is 2.52. The van der Waals surface area contributed by atoms with E-state index in [1.807, 2.05) is 0 Å². The lowest BCUT2D eigenvalue weighted by molar-refractivity contribution is 0.426. The van der Waals surface area contributed by atoms with Crippen molar-refractivity contribution in [1.29, 1.82) is 0 Å². The smallest absolute Gasteiger partial charge is 0.0450 e. The fourth-order valence-corrected chi connectivity index (χ4v) is 3.33. The summed E-state index contributed by atoms with van der Waals surface area (Å²) >= 11 is 3.65. The largest absolute Gasteiger partial charge is 0.365 e. The first-order valence-corrected chi connectivity index (χ1v) is 7.63. The minimum atomic E-state index is 0.529. The number of nitrogens with zero attached hydrogens (tertiary/aromatic N) is 1. The van der Waals surface area contributed by atoms with Gasteiger partial charge in [0.15, 0.2) is 0 Å². The van der Waals surface area contributed by atoms with Crippen LogP contribution in [0.1, 0.15) is 13.8 Å².